The molecule has 0 bridgehead atoms. The van der Waals surface area contributed by atoms with E-state index in [1.165, 1.54) is 23.9 Å². The van der Waals surface area contributed by atoms with Crippen molar-refractivity contribution < 1.29 is 9.18 Å². The van der Waals surface area contributed by atoms with Crippen molar-refractivity contribution in [1.82, 2.24) is 14.8 Å². The van der Waals surface area contributed by atoms with Crippen molar-refractivity contribution >= 4 is 35.0 Å². The summed E-state index contributed by atoms with van der Waals surface area (Å²) in [7, 11) is 0. The average molecular weight is 357 g/mol. The van der Waals surface area contributed by atoms with E-state index in [-0.39, 0.29) is 22.4 Å². The van der Waals surface area contributed by atoms with Crippen LogP contribution in [-0.2, 0) is 11.3 Å². The van der Waals surface area contributed by atoms with Gasteiger partial charge in [0.2, 0.25) is 5.91 Å². The van der Waals surface area contributed by atoms with Gasteiger partial charge in [0.1, 0.15) is 12.1 Å². The lowest BCUT2D eigenvalue weighted by Crippen LogP contribution is -2.15. The lowest BCUT2D eigenvalue weighted by Gasteiger charge is -2.07. The van der Waals surface area contributed by atoms with Gasteiger partial charge in [-0.3, -0.25) is 4.79 Å². The number of hydrogen-bond acceptors (Lipinski definition) is 4. The molecule has 1 aromatic heterocycles. The summed E-state index contributed by atoms with van der Waals surface area (Å²) in [6.45, 7) is 2.97. The van der Waals surface area contributed by atoms with Crippen molar-refractivity contribution in [2.45, 2.75) is 37.9 Å². The molecule has 0 saturated carbocycles. The molecule has 0 saturated heterocycles. The molecule has 0 fully saturated rings. The highest BCUT2D eigenvalue weighted by molar-refractivity contribution is 7.99. The van der Waals surface area contributed by atoms with Gasteiger partial charge in [-0.1, -0.05) is 43.1 Å². The molecule has 0 unspecified atom stereocenters. The third-order valence-corrected chi connectivity index (χ3v) is 4.34. The molecule has 8 heteroatoms. The van der Waals surface area contributed by atoms with E-state index in [9.17, 15) is 9.18 Å². The van der Waals surface area contributed by atoms with Gasteiger partial charge >= 0.3 is 0 Å². The number of amides is 1. The lowest BCUT2D eigenvalue weighted by molar-refractivity contribution is -0.113. The molecule has 1 heterocycles. The molecule has 23 heavy (non-hydrogen) atoms. The maximum absolute atomic E-state index is 13.6. The summed E-state index contributed by atoms with van der Waals surface area (Å²) in [6.07, 6.45) is 4.98. The summed E-state index contributed by atoms with van der Waals surface area (Å²) in [4.78, 5) is 11.9. The number of hydrogen-bond donors (Lipinski definition) is 1. The number of nitrogens with zero attached hydrogens (tertiary/aromatic N) is 3. The van der Waals surface area contributed by atoms with Crippen LogP contribution in [0, 0.1) is 5.82 Å². The number of aromatic nitrogens is 3. The number of nitrogens with one attached hydrogen (secondary N) is 1. The van der Waals surface area contributed by atoms with E-state index in [2.05, 4.69) is 22.4 Å². The molecule has 1 N–H and O–H groups in total. The predicted molar refractivity (Wildman–Crippen MR) is 90.3 cm³/mol. The molecule has 0 atom stereocenters. The fraction of sp³-hybridized carbons (Fsp3) is 0.400. The van der Waals surface area contributed by atoms with E-state index in [4.69, 9.17) is 11.6 Å². The third-order valence-electron chi connectivity index (χ3n) is 3.12. The Morgan fingerprint density at radius 3 is 3.00 bits per heavy atom. The standard InChI is InChI=1S/C15H18ClFN4OS/c1-2-3-4-7-21-10-18-20-15(21)23-9-14(22)19-13-6-5-11(16)8-12(13)17/h5-6,8,10H,2-4,7,9H2,1H3,(H,19,22). The Bertz CT molecular complexity index is 665. The number of unbranched alkanes of at least 4 members (excludes halogenated alkanes) is 2. The number of carbonyl (C=O) groups excluding carboxylic acids is 1. The molecule has 0 aliphatic carbocycles. The minimum Gasteiger partial charge on any atom is -0.323 e. The zero-order valence-corrected chi connectivity index (χ0v) is 14.3. The molecule has 124 valence electrons. The normalized spacial score (nSPS) is 10.7. The predicted octanol–water partition coefficient (Wildman–Crippen LogP) is 3.99. The molecule has 0 spiro atoms. The Morgan fingerprint density at radius 2 is 2.26 bits per heavy atom. The van der Waals surface area contributed by atoms with Gasteiger partial charge in [-0.2, -0.15) is 0 Å². The Hall–Kier alpha value is -1.60. The van der Waals surface area contributed by atoms with Crippen molar-refractivity contribution in [3.63, 3.8) is 0 Å². The van der Waals surface area contributed by atoms with Crippen molar-refractivity contribution in [3.8, 4) is 0 Å². The van der Waals surface area contributed by atoms with Gasteiger partial charge in [0.25, 0.3) is 0 Å². The van der Waals surface area contributed by atoms with Gasteiger partial charge < -0.3 is 9.88 Å². The maximum Gasteiger partial charge on any atom is 0.234 e. The Labute approximate surface area is 143 Å². The summed E-state index contributed by atoms with van der Waals surface area (Å²) in [6, 6.07) is 4.12. The van der Waals surface area contributed by atoms with E-state index < -0.39 is 5.82 Å². The van der Waals surface area contributed by atoms with Crippen LogP contribution >= 0.6 is 23.4 Å². The first kappa shape index (κ1) is 17.7. The van der Waals surface area contributed by atoms with Crippen LogP contribution in [0.5, 0.6) is 0 Å². The van der Waals surface area contributed by atoms with Crippen LogP contribution in [-0.4, -0.2) is 26.4 Å². The summed E-state index contributed by atoms with van der Waals surface area (Å²) in [5, 5.41) is 11.4. The minimum atomic E-state index is -0.557. The van der Waals surface area contributed by atoms with Crippen LogP contribution in [0.15, 0.2) is 29.7 Å². The largest absolute Gasteiger partial charge is 0.323 e. The molecule has 2 rings (SSSR count). The van der Waals surface area contributed by atoms with Crippen LogP contribution in [0.1, 0.15) is 26.2 Å². The smallest absolute Gasteiger partial charge is 0.234 e. The monoisotopic (exact) mass is 356 g/mol. The van der Waals surface area contributed by atoms with E-state index in [0.717, 1.165) is 31.9 Å². The number of halogens is 2. The van der Waals surface area contributed by atoms with Gasteiger partial charge in [-0.25, -0.2) is 4.39 Å². The lowest BCUT2D eigenvalue weighted by atomic mass is 10.2. The van der Waals surface area contributed by atoms with Crippen molar-refractivity contribution in [3.05, 3.63) is 35.4 Å². The number of carbonyl (C=O) groups is 1. The number of rotatable bonds is 8. The molecular weight excluding hydrogens is 339 g/mol. The Kier molecular flexibility index (Phi) is 6.85. The first-order chi connectivity index (χ1) is 11.1. The first-order valence-corrected chi connectivity index (χ1v) is 8.72. The van der Waals surface area contributed by atoms with Crippen molar-refractivity contribution in [2.75, 3.05) is 11.1 Å². The van der Waals surface area contributed by atoms with Crippen molar-refractivity contribution in [1.29, 1.82) is 0 Å². The van der Waals surface area contributed by atoms with Crippen molar-refractivity contribution in [2.24, 2.45) is 0 Å². The molecule has 2 aromatic rings. The average Bonchev–Trinajstić information content (AvgIpc) is 2.96. The molecule has 0 aliphatic rings. The fourth-order valence-corrected chi connectivity index (χ4v) is 2.85. The Balaban J connectivity index is 1.86. The van der Waals surface area contributed by atoms with Crippen LogP contribution in [0.2, 0.25) is 5.02 Å². The number of aryl methyl sites for hydroxylation is 1. The zero-order valence-electron chi connectivity index (χ0n) is 12.8. The topological polar surface area (TPSA) is 59.8 Å². The third kappa shape index (κ3) is 5.51. The van der Waals surface area contributed by atoms with Crippen LogP contribution in [0.25, 0.3) is 0 Å². The quantitative estimate of drug-likeness (QED) is 0.574. The SMILES string of the molecule is CCCCCn1cnnc1SCC(=O)Nc1ccc(Cl)cc1F. The summed E-state index contributed by atoms with van der Waals surface area (Å²) in [5.41, 5.74) is 0.115. The van der Waals surface area contributed by atoms with Gasteiger partial charge in [-0.05, 0) is 24.6 Å². The van der Waals surface area contributed by atoms with Crippen LogP contribution in [0.3, 0.4) is 0 Å². The van der Waals surface area contributed by atoms with E-state index in [1.807, 2.05) is 4.57 Å². The molecule has 5 nitrogen and oxygen atoms in total. The first-order valence-electron chi connectivity index (χ1n) is 7.35. The van der Waals surface area contributed by atoms with E-state index in [1.54, 1.807) is 6.33 Å². The maximum atomic E-state index is 13.6. The van der Waals surface area contributed by atoms with Gasteiger partial charge in [0, 0.05) is 11.6 Å². The second-order valence-corrected chi connectivity index (χ2v) is 6.35. The minimum absolute atomic E-state index is 0.115. The number of anilines is 1. The fourth-order valence-electron chi connectivity index (χ4n) is 1.95. The molecule has 0 radical (unpaired) electrons. The number of benzene rings is 1. The van der Waals surface area contributed by atoms with Crippen LogP contribution in [0.4, 0.5) is 10.1 Å². The highest BCUT2D eigenvalue weighted by Gasteiger charge is 2.11. The molecular formula is C15H18ClFN4OS. The van der Waals surface area contributed by atoms with Crippen LogP contribution < -0.4 is 5.32 Å². The van der Waals surface area contributed by atoms with Gasteiger partial charge in [0.05, 0.1) is 11.4 Å². The molecule has 1 amide bonds. The molecule has 0 aliphatic heterocycles. The summed E-state index contributed by atoms with van der Waals surface area (Å²) >= 11 is 6.95. The van der Waals surface area contributed by atoms with E-state index in [0.29, 0.717) is 5.16 Å². The zero-order chi connectivity index (χ0) is 16.7. The molecule has 1 aromatic carbocycles. The summed E-state index contributed by atoms with van der Waals surface area (Å²) in [5.74, 6) is -0.730. The number of thioether (sulfide) groups is 1. The Morgan fingerprint density at radius 1 is 1.43 bits per heavy atom. The highest BCUT2D eigenvalue weighted by atomic mass is 35.5. The second-order valence-electron chi connectivity index (χ2n) is 4.98. The summed E-state index contributed by atoms with van der Waals surface area (Å²) < 4.78 is 15.6. The van der Waals surface area contributed by atoms with E-state index >= 15 is 0 Å². The van der Waals surface area contributed by atoms with Gasteiger partial charge in [0.15, 0.2) is 5.16 Å². The highest BCUT2D eigenvalue weighted by Crippen LogP contribution is 2.20. The second kappa shape index (κ2) is 8.88. The van der Waals surface area contributed by atoms with Gasteiger partial charge in [-0.15, -0.1) is 10.2 Å².